The topological polar surface area (TPSA) is 115 Å². The molecule has 102 valence electrons. The number of primary amides is 1. The van der Waals surface area contributed by atoms with Gasteiger partial charge in [-0.15, -0.1) is 0 Å². The van der Waals surface area contributed by atoms with Gasteiger partial charge >= 0.3 is 0 Å². The number of hydrogen-bond donors (Lipinski definition) is 2. The summed E-state index contributed by atoms with van der Waals surface area (Å²) in [6, 6.07) is 2.62. The Labute approximate surface area is 107 Å². The third kappa shape index (κ3) is 4.34. The molecule has 0 spiro atoms. The average Bonchev–Trinajstić information content (AvgIpc) is 2.33. The molecule has 3 N–H and O–H groups in total. The van der Waals surface area contributed by atoms with E-state index in [1.807, 2.05) is 0 Å². The molecule has 0 bridgehead atoms. The standard InChI is InChI=1S/C11H12FN3O4/c12-7-3-4-9(15(18)19)8(6-7)11(17)14-5-1-2-10(13)16/h3-4,6H,1-2,5H2,(H2,13,16)(H,14,17). The molecule has 0 radical (unpaired) electrons. The molecule has 0 aliphatic heterocycles. The largest absolute Gasteiger partial charge is 0.370 e. The first-order valence-corrected chi connectivity index (χ1v) is 5.42. The highest BCUT2D eigenvalue weighted by Crippen LogP contribution is 2.19. The van der Waals surface area contributed by atoms with Crippen LogP contribution in [-0.2, 0) is 4.79 Å². The Morgan fingerprint density at radius 3 is 2.68 bits per heavy atom. The van der Waals surface area contributed by atoms with Gasteiger partial charge in [-0.25, -0.2) is 4.39 Å². The zero-order chi connectivity index (χ0) is 14.4. The van der Waals surface area contributed by atoms with Crippen LogP contribution in [0.25, 0.3) is 0 Å². The number of carbonyl (C=O) groups is 2. The van der Waals surface area contributed by atoms with Gasteiger partial charge in [-0.1, -0.05) is 0 Å². The van der Waals surface area contributed by atoms with Crippen molar-refractivity contribution >= 4 is 17.5 Å². The molecule has 1 aromatic carbocycles. The SMILES string of the molecule is NC(=O)CCCNC(=O)c1cc(F)ccc1[N+](=O)[O-]. The van der Waals surface area contributed by atoms with E-state index in [1.165, 1.54) is 0 Å². The van der Waals surface area contributed by atoms with Gasteiger partial charge in [-0.3, -0.25) is 19.7 Å². The number of nitro benzene ring substituents is 1. The Morgan fingerprint density at radius 2 is 2.11 bits per heavy atom. The minimum absolute atomic E-state index is 0.0888. The van der Waals surface area contributed by atoms with Crippen LogP contribution in [0.15, 0.2) is 18.2 Å². The molecule has 0 unspecified atom stereocenters. The predicted octanol–water partition coefficient (Wildman–Crippen LogP) is 0.729. The predicted molar refractivity (Wildman–Crippen MR) is 63.8 cm³/mol. The molecule has 19 heavy (non-hydrogen) atoms. The van der Waals surface area contributed by atoms with Crippen LogP contribution in [0, 0.1) is 15.9 Å². The van der Waals surface area contributed by atoms with Crippen molar-refractivity contribution in [2.24, 2.45) is 5.73 Å². The molecule has 2 amide bonds. The van der Waals surface area contributed by atoms with Crippen LogP contribution in [0.3, 0.4) is 0 Å². The normalized spacial score (nSPS) is 9.95. The average molecular weight is 269 g/mol. The highest BCUT2D eigenvalue weighted by atomic mass is 19.1. The number of benzene rings is 1. The first-order valence-electron chi connectivity index (χ1n) is 5.42. The van der Waals surface area contributed by atoms with Gasteiger partial charge in [0.25, 0.3) is 11.6 Å². The number of nitrogens with one attached hydrogen (secondary N) is 1. The number of nitrogens with two attached hydrogens (primary N) is 1. The minimum atomic E-state index is -0.768. The number of nitro groups is 1. The third-order valence-corrected chi connectivity index (χ3v) is 2.29. The zero-order valence-corrected chi connectivity index (χ0v) is 9.89. The quantitative estimate of drug-likeness (QED) is 0.450. The van der Waals surface area contributed by atoms with Gasteiger partial charge < -0.3 is 11.1 Å². The molecule has 1 rings (SSSR count). The number of halogens is 1. The Kier molecular flexibility index (Phi) is 4.92. The van der Waals surface area contributed by atoms with Crippen LogP contribution in [0.5, 0.6) is 0 Å². The van der Waals surface area contributed by atoms with Crippen molar-refractivity contribution in [3.63, 3.8) is 0 Å². The highest BCUT2D eigenvalue weighted by Gasteiger charge is 2.20. The molecular formula is C11H12FN3O4. The van der Waals surface area contributed by atoms with Crippen LogP contribution < -0.4 is 11.1 Å². The summed E-state index contributed by atoms with van der Waals surface area (Å²) in [5, 5.41) is 13.1. The molecule has 0 aliphatic rings. The molecule has 7 nitrogen and oxygen atoms in total. The van der Waals surface area contributed by atoms with E-state index in [0.29, 0.717) is 6.42 Å². The molecule has 0 aliphatic carbocycles. The summed E-state index contributed by atoms with van der Waals surface area (Å²) in [4.78, 5) is 32.1. The fourth-order valence-electron chi connectivity index (χ4n) is 1.41. The molecule has 0 fully saturated rings. The first-order chi connectivity index (χ1) is 8.91. The lowest BCUT2D eigenvalue weighted by Crippen LogP contribution is -2.26. The van der Waals surface area contributed by atoms with Crippen molar-refractivity contribution in [1.29, 1.82) is 0 Å². The van der Waals surface area contributed by atoms with Gasteiger partial charge in [0.05, 0.1) is 4.92 Å². The summed E-state index contributed by atoms with van der Waals surface area (Å²) in [7, 11) is 0. The second-order valence-electron chi connectivity index (χ2n) is 3.74. The number of amides is 2. The Bertz CT molecular complexity index is 519. The lowest BCUT2D eigenvalue weighted by molar-refractivity contribution is -0.385. The monoisotopic (exact) mass is 269 g/mol. The zero-order valence-electron chi connectivity index (χ0n) is 9.89. The smallest absolute Gasteiger partial charge is 0.282 e. The van der Waals surface area contributed by atoms with Crippen LogP contribution in [-0.4, -0.2) is 23.3 Å². The van der Waals surface area contributed by atoms with Crippen molar-refractivity contribution < 1.29 is 18.9 Å². The Hall–Kier alpha value is -2.51. The van der Waals surface area contributed by atoms with E-state index in [2.05, 4.69) is 5.32 Å². The molecule has 8 heteroatoms. The Morgan fingerprint density at radius 1 is 1.42 bits per heavy atom. The number of nitrogens with zero attached hydrogens (tertiary/aromatic N) is 1. The van der Waals surface area contributed by atoms with E-state index in [1.54, 1.807) is 0 Å². The maximum Gasteiger partial charge on any atom is 0.282 e. The van der Waals surface area contributed by atoms with Crippen molar-refractivity contribution in [2.75, 3.05) is 6.54 Å². The molecular weight excluding hydrogens is 257 g/mol. The summed E-state index contributed by atoms with van der Waals surface area (Å²) < 4.78 is 13.0. The van der Waals surface area contributed by atoms with E-state index < -0.39 is 28.2 Å². The van der Waals surface area contributed by atoms with Crippen LogP contribution >= 0.6 is 0 Å². The van der Waals surface area contributed by atoms with Crippen LogP contribution in [0.4, 0.5) is 10.1 Å². The molecule has 0 heterocycles. The maximum atomic E-state index is 13.0. The van der Waals surface area contributed by atoms with Crippen molar-refractivity contribution in [1.82, 2.24) is 5.32 Å². The van der Waals surface area contributed by atoms with Gasteiger partial charge in [0, 0.05) is 19.0 Å². The van der Waals surface area contributed by atoms with Gasteiger partial charge in [0.15, 0.2) is 0 Å². The fourth-order valence-corrected chi connectivity index (χ4v) is 1.41. The second kappa shape index (κ2) is 6.43. The summed E-state index contributed by atoms with van der Waals surface area (Å²) in [5.74, 6) is -2.02. The summed E-state index contributed by atoms with van der Waals surface area (Å²) in [5.41, 5.74) is 4.08. The fraction of sp³-hybridized carbons (Fsp3) is 0.273. The summed E-state index contributed by atoms with van der Waals surface area (Å²) >= 11 is 0. The molecule has 0 saturated carbocycles. The van der Waals surface area contributed by atoms with E-state index in [0.717, 1.165) is 18.2 Å². The van der Waals surface area contributed by atoms with E-state index in [4.69, 9.17) is 5.73 Å². The number of hydrogen-bond acceptors (Lipinski definition) is 4. The lowest BCUT2D eigenvalue weighted by atomic mass is 10.1. The molecule has 1 aromatic rings. The van der Waals surface area contributed by atoms with Crippen molar-refractivity contribution in [3.05, 3.63) is 39.7 Å². The second-order valence-corrected chi connectivity index (χ2v) is 3.74. The van der Waals surface area contributed by atoms with E-state index in [-0.39, 0.29) is 18.5 Å². The lowest BCUT2D eigenvalue weighted by Gasteiger charge is -2.05. The van der Waals surface area contributed by atoms with Crippen LogP contribution in [0.1, 0.15) is 23.2 Å². The minimum Gasteiger partial charge on any atom is -0.370 e. The van der Waals surface area contributed by atoms with Crippen LogP contribution in [0.2, 0.25) is 0 Å². The van der Waals surface area contributed by atoms with Crippen molar-refractivity contribution in [3.8, 4) is 0 Å². The number of rotatable bonds is 6. The van der Waals surface area contributed by atoms with E-state index in [9.17, 15) is 24.1 Å². The van der Waals surface area contributed by atoms with Gasteiger partial charge in [-0.2, -0.15) is 0 Å². The highest BCUT2D eigenvalue weighted by molar-refractivity contribution is 5.98. The third-order valence-electron chi connectivity index (χ3n) is 2.29. The van der Waals surface area contributed by atoms with Gasteiger partial charge in [0.2, 0.25) is 5.91 Å². The van der Waals surface area contributed by atoms with Gasteiger partial charge in [-0.05, 0) is 18.6 Å². The molecule has 0 aromatic heterocycles. The first kappa shape index (κ1) is 14.6. The Balaban J connectivity index is 2.73. The molecule has 0 atom stereocenters. The summed E-state index contributed by atoms with van der Waals surface area (Å²) in [6.07, 6.45) is 0.399. The summed E-state index contributed by atoms with van der Waals surface area (Å²) in [6.45, 7) is 0.120. The number of carbonyl (C=O) groups excluding carboxylic acids is 2. The maximum absolute atomic E-state index is 13.0. The van der Waals surface area contributed by atoms with E-state index >= 15 is 0 Å². The van der Waals surface area contributed by atoms with Gasteiger partial charge in [0.1, 0.15) is 11.4 Å². The van der Waals surface area contributed by atoms with Crippen molar-refractivity contribution in [2.45, 2.75) is 12.8 Å². The molecule has 0 saturated heterocycles.